The Balaban J connectivity index is 1.82. The molecule has 2 amide bonds. The van der Waals surface area contributed by atoms with Gasteiger partial charge in [-0.15, -0.1) is 0 Å². The lowest BCUT2D eigenvalue weighted by atomic mass is 9.91. The van der Waals surface area contributed by atoms with Gasteiger partial charge in [-0.3, -0.25) is 9.59 Å². The number of rotatable bonds is 3. The highest BCUT2D eigenvalue weighted by atomic mass is 16.5. The zero-order valence-corrected chi connectivity index (χ0v) is 10.7. The van der Waals surface area contributed by atoms with E-state index >= 15 is 0 Å². The number of amides is 2. The second-order valence-electron chi connectivity index (χ2n) is 5.16. The fourth-order valence-corrected chi connectivity index (χ4v) is 2.55. The molecule has 6 heteroatoms. The summed E-state index contributed by atoms with van der Waals surface area (Å²) in [6, 6.07) is -0.587. The molecule has 0 aliphatic carbocycles. The van der Waals surface area contributed by atoms with Gasteiger partial charge in [0.1, 0.15) is 0 Å². The molecule has 102 valence electrons. The van der Waals surface area contributed by atoms with Gasteiger partial charge < -0.3 is 20.7 Å². The van der Waals surface area contributed by atoms with E-state index in [2.05, 4.69) is 5.32 Å². The quantitative estimate of drug-likeness (QED) is 0.683. The predicted molar refractivity (Wildman–Crippen MR) is 65.7 cm³/mol. The molecule has 2 aliphatic rings. The number of likely N-dealkylation sites (N-methyl/N-ethyl adjacent to an activating group) is 1. The maximum atomic E-state index is 12.0. The van der Waals surface area contributed by atoms with Gasteiger partial charge in [0.2, 0.25) is 11.8 Å². The zero-order valence-electron chi connectivity index (χ0n) is 10.7. The van der Waals surface area contributed by atoms with Gasteiger partial charge in [0.25, 0.3) is 0 Å². The summed E-state index contributed by atoms with van der Waals surface area (Å²) >= 11 is 0. The van der Waals surface area contributed by atoms with E-state index < -0.39 is 6.04 Å². The molecule has 18 heavy (non-hydrogen) atoms. The van der Waals surface area contributed by atoms with Crippen molar-refractivity contribution in [2.24, 2.45) is 11.7 Å². The normalized spacial score (nSPS) is 27.3. The smallest absolute Gasteiger partial charge is 0.237 e. The van der Waals surface area contributed by atoms with E-state index in [1.807, 2.05) is 0 Å². The molecule has 0 aromatic rings. The standard InChI is InChI=1S/C12H21N3O3/c1-15-7-9(6-10(15)16)14-12(17)11(13)8-2-4-18-5-3-8/h8-9,11H,2-7,13H2,1H3,(H,14,17). The van der Waals surface area contributed by atoms with Gasteiger partial charge in [-0.1, -0.05) is 0 Å². The highest BCUT2D eigenvalue weighted by Gasteiger charge is 2.32. The Labute approximate surface area is 107 Å². The molecule has 3 N–H and O–H groups in total. The molecule has 0 aromatic carbocycles. The number of carbonyl (C=O) groups excluding carboxylic acids is 2. The molecule has 0 spiro atoms. The Bertz CT molecular complexity index is 329. The van der Waals surface area contributed by atoms with E-state index in [-0.39, 0.29) is 23.8 Å². The summed E-state index contributed by atoms with van der Waals surface area (Å²) in [4.78, 5) is 25.0. The van der Waals surface area contributed by atoms with E-state index in [4.69, 9.17) is 10.5 Å². The third kappa shape index (κ3) is 3.00. The molecule has 2 unspecified atom stereocenters. The van der Waals surface area contributed by atoms with Crippen molar-refractivity contribution in [3.8, 4) is 0 Å². The number of hydrogen-bond acceptors (Lipinski definition) is 4. The first-order valence-corrected chi connectivity index (χ1v) is 6.45. The van der Waals surface area contributed by atoms with Crippen molar-refractivity contribution in [3.63, 3.8) is 0 Å². The highest BCUT2D eigenvalue weighted by Crippen LogP contribution is 2.18. The number of ether oxygens (including phenoxy) is 1. The van der Waals surface area contributed by atoms with Crippen molar-refractivity contribution in [2.45, 2.75) is 31.3 Å². The van der Waals surface area contributed by atoms with Gasteiger partial charge >= 0.3 is 0 Å². The van der Waals surface area contributed by atoms with Crippen molar-refractivity contribution >= 4 is 11.8 Å². The molecular weight excluding hydrogens is 234 g/mol. The molecule has 2 rings (SSSR count). The first-order chi connectivity index (χ1) is 8.58. The van der Waals surface area contributed by atoms with Gasteiger partial charge in [-0.2, -0.15) is 0 Å². The first kappa shape index (κ1) is 13.3. The van der Waals surface area contributed by atoms with Crippen LogP contribution < -0.4 is 11.1 Å². The number of hydrogen-bond donors (Lipinski definition) is 2. The van der Waals surface area contributed by atoms with Crippen LogP contribution in [0.1, 0.15) is 19.3 Å². The lowest BCUT2D eigenvalue weighted by Gasteiger charge is -2.27. The van der Waals surface area contributed by atoms with Gasteiger partial charge in [0.05, 0.1) is 12.1 Å². The van der Waals surface area contributed by atoms with Crippen molar-refractivity contribution < 1.29 is 14.3 Å². The van der Waals surface area contributed by atoms with Crippen LogP contribution in [0.2, 0.25) is 0 Å². The minimum Gasteiger partial charge on any atom is -0.381 e. The van der Waals surface area contributed by atoms with Crippen LogP contribution in [-0.4, -0.2) is 55.6 Å². The highest BCUT2D eigenvalue weighted by molar-refractivity contribution is 5.84. The minimum absolute atomic E-state index is 0.0694. The maximum Gasteiger partial charge on any atom is 0.237 e. The number of nitrogens with two attached hydrogens (primary N) is 1. The molecular formula is C12H21N3O3. The Kier molecular flexibility index (Phi) is 4.19. The lowest BCUT2D eigenvalue weighted by molar-refractivity contribution is -0.126. The van der Waals surface area contributed by atoms with Gasteiger partial charge in [0.15, 0.2) is 0 Å². The minimum atomic E-state index is -0.491. The fraction of sp³-hybridized carbons (Fsp3) is 0.833. The van der Waals surface area contributed by atoms with Gasteiger partial charge in [-0.05, 0) is 18.8 Å². The first-order valence-electron chi connectivity index (χ1n) is 6.45. The summed E-state index contributed by atoms with van der Waals surface area (Å²) in [5, 5.41) is 2.87. The molecule has 2 heterocycles. The summed E-state index contributed by atoms with van der Waals surface area (Å²) in [5.74, 6) is 0.114. The summed E-state index contributed by atoms with van der Waals surface area (Å²) in [6.07, 6.45) is 2.04. The summed E-state index contributed by atoms with van der Waals surface area (Å²) in [7, 11) is 1.74. The largest absolute Gasteiger partial charge is 0.381 e. The van der Waals surface area contributed by atoms with E-state index in [1.165, 1.54) is 0 Å². The number of nitrogens with zero attached hydrogens (tertiary/aromatic N) is 1. The van der Waals surface area contributed by atoms with Gasteiger partial charge in [-0.25, -0.2) is 0 Å². The molecule has 2 aliphatic heterocycles. The average Bonchev–Trinajstić information content (AvgIpc) is 2.68. The van der Waals surface area contributed by atoms with Crippen LogP contribution in [-0.2, 0) is 14.3 Å². The average molecular weight is 255 g/mol. The fourth-order valence-electron chi connectivity index (χ4n) is 2.55. The Hall–Kier alpha value is -1.14. The molecule has 0 bridgehead atoms. The molecule has 2 saturated heterocycles. The number of likely N-dealkylation sites (tertiary alicyclic amines) is 1. The molecule has 6 nitrogen and oxygen atoms in total. The summed E-state index contributed by atoms with van der Waals surface area (Å²) < 4.78 is 5.25. The topological polar surface area (TPSA) is 84.7 Å². The maximum absolute atomic E-state index is 12.0. The Morgan fingerprint density at radius 1 is 1.50 bits per heavy atom. The lowest BCUT2D eigenvalue weighted by Crippen LogP contribution is -2.50. The predicted octanol–water partition coefficient (Wildman–Crippen LogP) is -0.913. The Morgan fingerprint density at radius 2 is 2.17 bits per heavy atom. The van der Waals surface area contributed by atoms with E-state index in [0.717, 1.165) is 12.8 Å². The summed E-state index contributed by atoms with van der Waals surface area (Å²) in [6.45, 7) is 1.93. The second kappa shape index (κ2) is 5.67. The molecule has 0 aromatic heterocycles. The number of carbonyl (C=O) groups is 2. The van der Waals surface area contributed by atoms with Crippen LogP contribution in [0.25, 0.3) is 0 Å². The van der Waals surface area contributed by atoms with E-state index in [0.29, 0.717) is 26.2 Å². The van der Waals surface area contributed by atoms with Crippen LogP contribution in [0.3, 0.4) is 0 Å². The van der Waals surface area contributed by atoms with Gasteiger partial charge in [0, 0.05) is 33.2 Å². The van der Waals surface area contributed by atoms with Crippen molar-refractivity contribution in [2.75, 3.05) is 26.8 Å². The van der Waals surface area contributed by atoms with Crippen molar-refractivity contribution in [3.05, 3.63) is 0 Å². The Morgan fingerprint density at radius 3 is 2.72 bits per heavy atom. The summed E-state index contributed by atoms with van der Waals surface area (Å²) in [5.41, 5.74) is 5.97. The van der Waals surface area contributed by atoms with Crippen LogP contribution in [0, 0.1) is 5.92 Å². The third-order valence-corrected chi connectivity index (χ3v) is 3.76. The van der Waals surface area contributed by atoms with Crippen molar-refractivity contribution in [1.29, 1.82) is 0 Å². The second-order valence-corrected chi connectivity index (χ2v) is 5.16. The molecule has 2 fully saturated rings. The SMILES string of the molecule is CN1CC(NC(=O)C(N)C2CCOCC2)CC1=O. The van der Waals surface area contributed by atoms with E-state index in [1.54, 1.807) is 11.9 Å². The van der Waals surface area contributed by atoms with Crippen LogP contribution in [0.5, 0.6) is 0 Å². The molecule has 2 atom stereocenters. The van der Waals surface area contributed by atoms with Crippen LogP contribution in [0.15, 0.2) is 0 Å². The third-order valence-electron chi connectivity index (χ3n) is 3.76. The molecule has 0 saturated carbocycles. The van der Waals surface area contributed by atoms with Crippen LogP contribution in [0.4, 0.5) is 0 Å². The van der Waals surface area contributed by atoms with Crippen LogP contribution >= 0.6 is 0 Å². The monoisotopic (exact) mass is 255 g/mol. The zero-order chi connectivity index (χ0) is 13.1. The van der Waals surface area contributed by atoms with E-state index in [9.17, 15) is 9.59 Å². The molecule has 0 radical (unpaired) electrons. The number of nitrogens with one attached hydrogen (secondary N) is 1. The van der Waals surface area contributed by atoms with Crippen molar-refractivity contribution in [1.82, 2.24) is 10.2 Å².